The average Bonchev–Trinajstić information content (AvgIpc) is 2.45. The molecule has 2 aromatic carbocycles. The molecule has 0 atom stereocenters. The second-order valence-corrected chi connectivity index (χ2v) is 4.39. The van der Waals surface area contributed by atoms with Gasteiger partial charge in [0.15, 0.2) is 0 Å². The van der Waals surface area contributed by atoms with E-state index in [4.69, 9.17) is 0 Å². The Balaban J connectivity index is 1.78. The number of fused-ring (bicyclic) bond motifs is 1. The Labute approximate surface area is 110 Å². The fourth-order valence-electron chi connectivity index (χ4n) is 2.04. The lowest BCUT2D eigenvalue weighted by Gasteiger charge is -2.07. The zero-order valence-electron chi connectivity index (χ0n) is 10.3. The van der Waals surface area contributed by atoms with Gasteiger partial charge in [-0.1, -0.05) is 18.2 Å². The van der Waals surface area contributed by atoms with Crippen molar-refractivity contribution < 1.29 is 4.39 Å². The standard InChI is InChI=1S/C16H13FN2/c17-14-5-1-3-12(9-14)11-19-15-6-7-16-13(10-15)4-2-8-18-16/h1-10,19H,11H2. The van der Waals surface area contributed by atoms with Crippen molar-refractivity contribution >= 4 is 16.6 Å². The van der Waals surface area contributed by atoms with Gasteiger partial charge in [0.1, 0.15) is 5.82 Å². The lowest BCUT2D eigenvalue weighted by Crippen LogP contribution is -1.99. The molecule has 3 aromatic rings. The summed E-state index contributed by atoms with van der Waals surface area (Å²) in [6.45, 7) is 0.601. The number of nitrogens with zero attached hydrogens (tertiary/aromatic N) is 1. The number of halogens is 1. The highest BCUT2D eigenvalue weighted by Crippen LogP contribution is 2.17. The summed E-state index contributed by atoms with van der Waals surface area (Å²) < 4.78 is 13.1. The first-order valence-electron chi connectivity index (χ1n) is 6.14. The Kier molecular flexibility index (Phi) is 3.11. The molecule has 1 aromatic heterocycles. The van der Waals surface area contributed by atoms with Gasteiger partial charge in [0, 0.05) is 23.8 Å². The summed E-state index contributed by atoms with van der Waals surface area (Å²) in [6.07, 6.45) is 1.78. The normalized spacial score (nSPS) is 10.6. The highest BCUT2D eigenvalue weighted by atomic mass is 19.1. The number of aromatic nitrogens is 1. The van der Waals surface area contributed by atoms with Gasteiger partial charge in [0.25, 0.3) is 0 Å². The van der Waals surface area contributed by atoms with Crippen LogP contribution in [0.5, 0.6) is 0 Å². The largest absolute Gasteiger partial charge is 0.381 e. The predicted molar refractivity (Wildman–Crippen MR) is 75.5 cm³/mol. The van der Waals surface area contributed by atoms with Crippen molar-refractivity contribution in [3.05, 3.63) is 72.2 Å². The Morgan fingerprint density at radius 2 is 1.95 bits per heavy atom. The summed E-state index contributed by atoms with van der Waals surface area (Å²) in [5.74, 6) is -0.206. The van der Waals surface area contributed by atoms with E-state index in [1.807, 2.05) is 36.4 Å². The van der Waals surface area contributed by atoms with Crippen LogP contribution < -0.4 is 5.32 Å². The molecule has 0 bridgehead atoms. The fourth-order valence-corrected chi connectivity index (χ4v) is 2.04. The van der Waals surface area contributed by atoms with Gasteiger partial charge in [-0.3, -0.25) is 4.98 Å². The maximum absolute atomic E-state index is 13.1. The SMILES string of the molecule is Fc1cccc(CNc2ccc3ncccc3c2)c1. The first-order chi connectivity index (χ1) is 9.31. The Morgan fingerprint density at radius 3 is 2.84 bits per heavy atom. The molecule has 2 nitrogen and oxygen atoms in total. The molecule has 3 heteroatoms. The van der Waals surface area contributed by atoms with Crippen LogP contribution >= 0.6 is 0 Å². The quantitative estimate of drug-likeness (QED) is 0.762. The van der Waals surface area contributed by atoms with Crippen LogP contribution in [0.2, 0.25) is 0 Å². The molecule has 0 aliphatic carbocycles. The molecule has 0 radical (unpaired) electrons. The zero-order chi connectivity index (χ0) is 13.1. The molecule has 0 fully saturated rings. The maximum atomic E-state index is 13.1. The van der Waals surface area contributed by atoms with Crippen LogP contribution in [0.1, 0.15) is 5.56 Å². The lowest BCUT2D eigenvalue weighted by atomic mass is 10.2. The van der Waals surface area contributed by atoms with Crippen molar-refractivity contribution in [2.75, 3.05) is 5.32 Å². The van der Waals surface area contributed by atoms with E-state index >= 15 is 0 Å². The van der Waals surface area contributed by atoms with E-state index in [0.717, 1.165) is 22.2 Å². The molecule has 0 saturated carbocycles. The molecule has 94 valence electrons. The van der Waals surface area contributed by atoms with E-state index in [1.165, 1.54) is 12.1 Å². The molecule has 0 aliphatic heterocycles. The first-order valence-corrected chi connectivity index (χ1v) is 6.14. The van der Waals surface area contributed by atoms with Crippen LogP contribution in [0.3, 0.4) is 0 Å². The van der Waals surface area contributed by atoms with Crippen LogP contribution in [0.15, 0.2) is 60.8 Å². The van der Waals surface area contributed by atoms with Crippen molar-refractivity contribution in [1.29, 1.82) is 0 Å². The Morgan fingerprint density at radius 1 is 1.00 bits per heavy atom. The van der Waals surface area contributed by atoms with Crippen molar-refractivity contribution in [1.82, 2.24) is 4.98 Å². The fraction of sp³-hybridized carbons (Fsp3) is 0.0625. The molecular weight excluding hydrogens is 239 g/mol. The molecular formula is C16H13FN2. The van der Waals surface area contributed by atoms with Crippen LogP contribution in [0.4, 0.5) is 10.1 Å². The minimum Gasteiger partial charge on any atom is -0.381 e. The van der Waals surface area contributed by atoms with E-state index in [0.29, 0.717) is 6.54 Å². The molecule has 0 amide bonds. The summed E-state index contributed by atoms with van der Waals surface area (Å²) in [6, 6.07) is 16.5. The zero-order valence-corrected chi connectivity index (χ0v) is 10.3. The third kappa shape index (κ3) is 2.71. The highest BCUT2D eigenvalue weighted by Gasteiger charge is 1.98. The number of hydrogen-bond acceptors (Lipinski definition) is 2. The molecule has 19 heavy (non-hydrogen) atoms. The second kappa shape index (κ2) is 5.06. The number of nitrogens with one attached hydrogen (secondary N) is 1. The molecule has 0 unspecified atom stereocenters. The highest BCUT2D eigenvalue weighted by molar-refractivity contribution is 5.82. The Bertz CT molecular complexity index is 710. The lowest BCUT2D eigenvalue weighted by molar-refractivity contribution is 0.626. The van der Waals surface area contributed by atoms with Crippen molar-refractivity contribution in [2.45, 2.75) is 6.54 Å². The minimum atomic E-state index is -0.206. The smallest absolute Gasteiger partial charge is 0.123 e. The third-order valence-corrected chi connectivity index (χ3v) is 2.99. The summed E-state index contributed by atoms with van der Waals surface area (Å²) in [4.78, 5) is 4.27. The molecule has 3 rings (SSSR count). The summed E-state index contributed by atoms with van der Waals surface area (Å²) in [5.41, 5.74) is 2.90. The van der Waals surface area contributed by atoms with Crippen LogP contribution in [-0.4, -0.2) is 4.98 Å². The van der Waals surface area contributed by atoms with Crippen LogP contribution in [0, 0.1) is 5.82 Å². The van der Waals surface area contributed by atoms with Gasteiger partial charge in [-0.25, -0.2) is 4.39 Å². The van der Waals surface area contributed by atoms with Gasteiger partial charge in [0.2, 0.25) is 0 Å². The topological polar surface area (TPSA) is 24.9 Å². The van der Waals surface area contributed by atoms with Crippen LogP contribution in [-0.2, 0) is 6.54 Å². The molecule has 0 aliphatic rings. The summed E-state index contributed by atoms with van der Waals surface area (Å²) in [7, 11) is 0. The van der Waals surface area contributed by atoms with Gasteiger partial charge in [-0.05, 0) is 42.0 Å². The van der Waals surface area contributed by atoms with Crippen molar-refractivity contribution in [2.24, 2.45) is 0 Å². The second-order valence-electron chi connectivity index (χ2n) is 4.39. The number of pyridine rings is 1. The summed E-state index contributed by atoms with van der Waals surface area (Å²) in [5, 5.41) is 4.38. The van der Waals surface area contributed by atoms with E-state index in [-0.39, 0.29) is 5.82 Å². The average molecular weight is 252 g/mol. The van der Waals surface area contributed by atoms with Gasteiger partial charge < -0.3 is 5.32 Å². The van der Waals surface area contributed by atoms with Crippen LogP contribution in [0.25, 0.3) is 10.9 Å². The monoisotopic (exact) mass is 252 g/mol. The third-order valence-electron chi connectivity index (χ3n) is 2.99. The molecule has 1 heterocycles. The van der Waals surface area contributed by atoms with Crippen molar-refractivity contribution in [3.8, 4) is 0 Å². The van der Waals surface area contributed by atoms with E-state index in [9.17, 15) is 4.39 Å². The summed E-state index contributed by atoms with van der Waals surface area (Å²) >= 11 is 0. The number of hydrogen-bond donors (Lipinski definition) is 1. The first kappa shape index (κ1) is 11.7. The Hall–Kier alpha value is -2.42. The number of benzene rings is 2. The van der Waals surface area contributed by atoms with Gasteiger partial charge in [-0.15, -0.1) is 0 Å². The molecule has 1 N–H and O–H groups in total. The molecule has 0 spiro atoms. The maximum Gasteiger partial charge on any atom is 0.123 e. The van der Waals surface area contributed by atoms with E-state index < -0.39 is 0 Å². The minimum absolute atomic E-state index is 0.206. The number of anilines is 1. The van der Waals surface area contributed by atoms with E-state index in [2.05, 4.69) is 10.3 Å². The number of rotatable bonds is 3. The van der Waals surface area contributed by atoms with Gasteiger partial charge in [-0.2, -0.15) is 0 Å². The van der Waals surface area contributed by atoms with E-state index in [1.54, 1.807) is 12.3 Å². The predicted octanol–water partition coefficient (Wildman–Crippen LogP) is 3.99. The van der Waals surface area contributed by atoms with Gasteiger partial charge >= 0.3 is 0 Å². The van der Waals surface area contributed by atoms with Crippen molar-refractivity contribution in [3.63, 3.8) is 0 Å². The van der Waals surface area contributed by atoms with Gasteiger partial charge in [0.05, 0.1) is 5.52 Å². The molecule has 0 saturated heterocycles.